The van der Waals surface area contributed by atoms with E-state index in [2.05, 4.69) is 18.2 Å². The first-order valence-corrected chi connectivity index (χ1v) is 11.7. The summed E-state index contributed by atoms with van der Waals surface area (Å²) in [7, 11) is 0. The second-order valence-corrected chi connectivity index (χ2v) is 9.47. The molecule has 2 aliphatic carbocycles. The van der Waals surface area contributed by atoms with Gasteiger partial charge in [0.25, 0.3) is 0 Å². The summed E-state index contributed by atoms with van der Waals surface area (Å²) in [5.74, 6) is 1.48. The maximum atomic E-state index is 10.5. The van der Waals surface area contributed by atoms with Crippen LogP contribution < -0.4 is 4.74 Å². The van der Waals surface area contributed by atoms with Gasteiger partial charge >= 0.3 is 0 Å². The van der Waals surface area contributed by atoms with Crippen molar-refractivity contribution < 1.29 is 29.9 Å². The summed E-state index contributed by atoms with van der Waals surface area (Å²) >= 11 is 0. The molecule has 0 amide bonds. The molecule has 0 aromatic heterocycles. The molecule has 1 heterocycles. The average Bonchev–Trinajstić information content (AvgIpc) is 3.61. The van der Waals surface area contributed by atoms with Gasteiger partial charge in [0, 0.05) is 0 Å². The predicted molar refractivity (Wildman–Crippen MR) is 119 cm³/mol. The molecule has 32 heavy (non-hydrogen) atoms. The fourth-order valence-electron chi connectivity index (χ4n) is 4.71. The minimum absolute atomic E-state index is 0.359. The first-order chi connectivity index (χ1) is 15.5. The Labute approximate surface area is 188 Å². The van der Waals surface area contributed by atoms with Gasteiger partial charge in [-0.1, -0.05) is 30.3 Å². The van der Waals surface area contributed by atoms with E-state index < -0.39 is 37.1 Å². The lowest BCUT2D eigenvalue weighted by atomic mass is 9.88. The van der Waals surface area contributed by atoms with Crippen LogP contribution in [0.1, 0.15) is 66.4 Å². The third-order valence-corrected chi connectivity index (χ3v) is 7.08. The van der Waals surface area contributed by atoms with Gasteiger partial charge in [0.2, 0.25) is 0 Å². The van der Waals surface area contributed by atoms with Crippen molar-refractivity contribution in [1.29, 1.82) is 0 Å². The minimum atomic E-state index is -1.37. The van der Waals surface area contributed by atoms with Crippen LogP contribution in [0.2, 0.25) is 0 Å². The Balaban J connectivity index is 1.37. The molecule has 2 aromatic rings. The molecule has 6 nitrogen and oxygen atoms in total. The van der Waals surface area contributed by atoms with Gasteiger partial charge in [0.15, 0.2) is 0 Å². The van der Waals surface area contributed by atoms with Crippen molar-refractivity contribution in [1.82, 2.24) is 0 Å². The summed E-state index contributed by atoms with van der Waals surface area (Å²) in [6.45, 7) is -0.427. The second-order valence-electron chi connectivity index (χ2n) is 9.47. The Morgan fingerprint density at radius 1 is 0.875 bits per heavy atom. The van der Waals surface area contributed by atoms with Gasteiger partial charge in [-0.2, -0.15) is 0 Å². The van der Waals surface area contributed by atoms with E-state index in [-0.39, 0.29) is 0 Å². The van der Waals surface area contributed by atoms with Crippen LogP contribution >= 0.6 is 0 Å². The fraction of sp³-hybridized carbons (Fsp3) is 0.538. The quantitative estimate of drug-likeness (QED) is 0.528. The van der Waals surface area contributed by atoms with Gasteiger partial charge in [0.05, 0.1) is 12.7 Å². The van der Waals surface area contributed by atoms with Crippen LogP contribution in [-0.4, -0.2) is 57.6 Å². The van der Waals surface area contributed by atoms with E-state index in [1.165, 1.54) is 36.0 Å². The van der Waals surface area contributed by atoms with E-state index in [4.69, 9.17) is 9.47 Å². The van der Waals surface area contributed by atoms with Gasteiger partial charge < -0.3 is 29.9 Å². The molecule has 4 N–H and O–H groups in total. The van der Waals surface area contributed by atoms with Gasteiger partial charge in [-0.3, -0.25) is 0 Å². The van der Waals surface area contributed by atoms with Crippen molar-refractivity contribution in [2.45, 2.75) is 81.1 Å². The maximum Gasteiger partial charge on any atom is 0.119 e. The Hall–Kier alpha value is -1.96. The van der Waals surface area contributed by atoms with E-state index in [0.717, 1.165) is 30.6 Å². The zero-order valence-corrected chi connectivity index (χ0v) is 18.1. The molecule has 2 aromatic carbocycles. The van der Waals surface area contributed by atoms with Crippen LogP contribution in [0.25, 0.3) is 0 Å². The molecule has 0 bridgehead atoms. The number of ether oxygens (including phenoxy) is 2. The van der Waals surface area contributed by atoms with Crippen molar-refractivity contribution in [3.8, 4) is 5.75 Å². The van der Waals surface area contributed by atoms with Crippen LogP contribution in [0.4, 0.5) is 0 Å². The summed E-state index contributed by atoms with van der Waals surface area (Å²) in [6.07, 6.45) is 1.28. The smallest absolute Gasteiger partial charge is 0.119 e. The normalized spacial score (nSPS) is 30.7. The highest BCUT2D eigenvalue weighted by atomic mass is 16.5. The second kappa shape index (κ2) is 9.12. The van der Waals surface area contributed by atoms with Gasteiger partial charge in [-0.15, -0.1) is 0 Å². The van der Waals surface area contributed by atoms with E-state index in [9.17, 15) is 20.4 Å². The number of aliphatic hydroxyl groups is 4. The minimum Gasteiger partial charge on any atom is -0.490 e. The highest BCUT2D eigenvalue weighted by molar-refractivity contribution is 5.42. The highest BCUT2D eigenvalue weighted by Crippen LogP contribution is 2.43. The molecule has 6 heteroatoms. The zero-order chi connectivity index (χ0) is 22.2. The van der Waals surface area contributed by atoms with Crippen LogP contribution in [0.3, 0.4) is 0 Å². The van der Waals surface area contributed by atoms with Gasteiger partial charge in [-0.05, 0) is 78.8 Å². The first-order valence-electron chi connectivity index (χ1n) is 11.7. The zero-order valence-electron chi connectivity index (χ0n) is 18.1. The summed E-state index contributed by atoms with van der Waals surface area (Å²) < 4.78 is 11.7. The van der Waals surface area contributed by atoms with E-state index in [1.807, 2.05) is 24.3 Å². The lowest BCUT2D eigenvalue weighted by Gasteiger charge is -2.40. The third kappa shape index (κ3) is 4.43. The molecular weight excluding hydrogens is 408 g/mol. The molecule has 3 fully saturated rings. The van der Waals surface area contributed by atoms with Crippen molar-refractivity contribution in [2.75, 3.05) is 6.61 Å². The molecule has 172 valence electrons. The van der Waals surface area contributed by atoms with Crippen LogP contribution in [0.15, 0.2) is 42.5 Å². The largest absolute Gasteiger partial charge is 0.490 e. The summed E-state index contributed by atoms with van der Waals surface area (Å²) in [4.78, 5) is 0. The SMILES string of the molecule is OC[C@H]1O[C@@H](c2ccc(C3CC3)c(Cc3ccc(OC4CCC4)cc3)c2)[C@H](O)C(O)[C@@H]1O. The van der Waals surface area contributed by atoms with Crippen molar-refractivity contribution >= 4 is 0 Å². The lowest BCUT2D eigenvalue weighted by molar-refractivity contribution is -0.231. The molecule has 1 unspecified atom stereocenters. The summed E-state index contributed by atoms with van der Waals surface area (Å²) in [6, 6.07) is 14.3. The number of rotatable bonds is 7. The Kier molecular flexibility index (Phi) is 6.23. The van der Waals surface area contributed by atoms with Gasteiger partial charge in [-0.25, -0.2) is 0 Å². The molecular formula is C26H32O6. The standard InChI is InChI=1S/C26H32O6/c27-14-22-23(28)24(29)25(30)26(32-22)17-8-11-21(16-6-7-16)18(13-17)12-15-4-9-20(10-5-15)31-19-2-1-3-19/h4-5,8-11,13,16,19,22-30H,1-3,6-7,12,14H2/t22-,23-,24?,25-,26+/m1/s1. The Bertz CT molecular complexity index is 918. The first kappa shape index (κ1) is 21.9. The van der Waals surface area contributed by atoms with Crippen LogP contribution in [0, 0.1) is 0 Å². The van der Waals surface area contributed by atoms with Crippen molar-refractivity contribution in [3.05, 3.63) is 64.7 Å². The Morgan fingerprint density at radius 3 is 2.25 bits per heavy atom. The maximum absolute atomic E-state index is 10.5. The third-order valence-electron chi connectivity index (χ3n) is 7.08. The van der Waals surface area contributed by atoms with Crippen LogP contribution in [0.5, 0.6) is 5.75 Å². The topological polar surface area (TPSA) is 99.4 Å². The van der Waals surface area contributed by atoms with E-state index in [1.54, 1.807) is 0 Å². The monoisotopic (exact) mass is 440 g/mol. The molecule has 5 atom stereocenters. The molecule has 0 radical (unpaired) electrons. The van der Waals surface area contributed by atoms with Crippen LogP contribution in [-0.2, 0) is 11.2 Å². The predicted octanol–water partition coefficient (Wildman–Crippen LogP) is 2.60. The number of hydrogen-bond donors (Lipinski definition) is 4. The number of hydrogen-bond acceptors (Lipinski definition) is 6. The molecule has 1 saturated heterocycles. The van der Waals surface area contributed by atoms with Crippen molar-refractivity contribution in [2.24, 2.45) is 0 Å². The van der Waals surface area contributed by atoms with Crippen molar-refractivity contribution in [3.63, 3.8) is 0 Å². The average molecular weight is 441 g/mol. The fourth-order valence-corrected chi connectivity index (χ4v) is 4.71. The number of aliphatic hydroxyl groups excluding tert-OH is 4. The molecule has 0 spiro atoms. The summed E-state index contributed by atoms with van der Waals surface area (Å²) in [5, 5.41) is 40.3. The molecule has 5 rings (SSSR count). The highest BCUT2D eigenvalue weighted by Gasteiger charge is 2.44. The molecule has 2 saturated carbocycles. The van der Waals surface area contributed by atoms with E-state index in [0.29, 0.717) is 12.0 Å². The summed E-state index contributed by atoms with van der Waals surface area (Å²) in [5.41, 5.74) is 4.41. The molecule has 1 aliphatic heterocycles. The number of benzene rings is 2. The Morgan fingerprint density at radius 2 is 1.62 bits per heavy atom. The van der Waals surface area contributed by atoms with E-state index >= 15 is 0 Å². The lowest BCUT2D eigenvalue weighted by Crippen LogP contribution is -2.55. The molecule has 3 aliphatic rings. The van der Waals surface area contributed by atoms with Gasteiger partial charge in [0.1, 0.15) is 36.3 Å².